The van der Waals surface area contributed by atoms with Crippen molar-refractivity contribution < 1.29 is 0 Å². The minimum absolute atomic E-state index is 0.606. The summed E-state index contributed by atoms with van der Waals surface area (Å²) in [7, 11) is 0. The van der Waals surface area contributed by atoms with Crippen LogP contribution in [0.3, 0.4) is 0 Å². The number of hydrogen-bond acceptors (Lipinski definition) is 4. The highest BCUT2D eigenvalue weighted by molar-refractivity contribution is 7.99. The van der Waals surface area contributed by atoms with Crippen molar-refractivity contribution in [1.29, 1.82) is 0 Å². The lowest BCUT2D eigenvalue weighted by Gasteiger charge is -2.22. The molecule has 0 spiro atoms. The van der Waals surface area contributed by atoms with E-state index in [4.69, 9.17) is 5.73 Å². The van der Waals surface area contributed by atoms with Gasteiger partial charge >= 0.3 is 0 Å². The van der Waals surface area contributed by atoms with Crippen LogP contribution in [-0.4, -0.2) is 21.8 Å². The zero-order chi connectivity index (χ0) is 11.2. The van der Waals surface area contributed by atoms with Crippen LogP contribution in [0.2, 0.25) is 0 Å². The Balaban J connectivity index is 2.00. The molecule has 1 saturated carbocycles. The van der Waals surface area contributed by atoms with Gasteiger partial charge in [-0.2, -0.15) is 0 Å². The van der Waals surface area contributed by atoms with E-state index in [1.807, 2.05) is 30.2 Å². The lowest BCUT2D eigenvalue weighted by molar-refractivity contribution is 0.483. The van der Waals surface area contributed by atoms with Crippen molar-refractivity contribution in [3.63, 3.8) is 0 Å². The Labute approximate surface area is 101 Å². The Morgan fingerprint density at radius 1 is 1.19 bits per heavy atom. The summed E-state index contributed by atoms with van der Waals surface area (Å²) in [4.78, 5) is 8.57. The van der Waals surface area contributed by atoms with Crippen LogP contribution < -0.4 is 5.73 Å². The van der Waals surface area contributed by atoms with Gasteiger partial charge in [-0.3, -0.25) is 0 Å². The van der Waals surface area contributed by atoms with Crippen molar-refractivity contribution in [3.05, 3.63) is 18.5 Å². The van der Waals surface area contributed by atoms with E-state index >= 15 is 0 Å². The molecule has 88 valence electrons. The molecule has 0 amide bonds. The standard InChI is InChI=1S/C12H19N3S/c13-9-10-5-2-1-3-6-11(10)16-12-14-7-4-8-15-12/h4,7-8,10-11H,1-3,5-6,9,13H2. The quantitative estimate of drug-likeness (QED) is 0.648. The molecular formula is C12H19N3S. The number of nitrogens with zero attached hydrogens (tertiary/aromatic N) is 2. The van der Waals surface area contributed by atoms with Gasteiger partial charge in [0.1, 0.15) is 0 Å². The van der Waals surface area contributed by atoms with Crippen LogP contribution in [-0.2, 0) is 0 Å². The van der Waals surface area contributed by atoms with E-state index in [2.05, 4.69) is 9.97 Å². The summed E-state index contributed by atoms with van der Waals surface area (Å²) >= 11 is 1.81. The predicted molar refractivity (Wildman–Crippen MR) is 67.3 cm³/mol. The maximum atomic E-state index is 5.86. The first kappa shape index (κ1) is 11.9. The van der Waals surface area contributed by atoms with Crippen LogP contribution >= 0.6 is 11.8 Å². The van der Waals surface area contributed by atoms with Gasteiger partial charge < -0.3 is 5.73 Å². The van der Waals surface area contributed by atoms with Crippen LogP contribution in [0.1, 0.15) is 32.1 Å². The molecule has 1 aromatic heterocycles. The van der Waals surface area contributed by atoms with Crippen molar-refractivity contribution in [2.75, 3.05) is 6.54 Å². The van der Waals surface area contributed by atoms with Crippen LogP contribution in [0.15, 0.2) is 23.6 Å². The lowest BCUT2D eigenvalue weighted by atomic mass is 10.0. The first-order valence-corrected chi connectivity index (χ1v) is 6.92. The van der Waals surface area contributed by atoms with Gasteiger partial charge in [0.15, 0.2) is 5.16 Å². The zero-order valence-corrected chi connectivity index (χ0v) is 10.3. The molecule has 1 aliphatic rings. The van der Waals surface area contributed by atoms with Crippen LogP contribution in [0, 0.1) is 5.92 Å². The van der Waals surface area contributed by atoms with Crippen molar-refractivity contribution in [1.82, 2.24) is 9.97 Å². The van der Waals surface area contributed by atoms with Crippen molar-refractivity contribution in [2.24, 2.45) is 11.7 Å². The maximum absolute atomic E-state index is 5.86. The summed E-state index contributed by atoms with van der Waals surface area (Å²) in [5.74, 6) is 0.635. The molecule has 1 aromatic rings. The molecule has 3 nitrogen and oxygen atoms in total. The molecule has 2 rings (SSSR count). The molecule has 0 saturated heterocycles. The van der Waals surface area contributed by atoms with Crippen molar-refractivity contribution >= 4 is 11.8 Å². The smallest absolute Gasteiger partial charge is 0.187 e. The topological polar surface area (TPSA) is 51.8 Å². The molecule has 0 aromatic carbocycles. The first-order valence-electron chi connectivity index (χ1n) is 6.04. The number of nitrogens with two attached hydrogens (primary N) is 1. The Bertz CT molecular complexity index is 304. The summed E-state index contributed by atoms with van der Waals surface area (Å²) in [5, 5.41) is 1.50. The molecule has 2 atom stereocenters. The molecule has 0 aliphatic heterocycles. The molecule has 2 unspecified atom stereocenters. The average molecular weight is 237 g/mol. The number of aromatic nitrogens is 2. The van der Waals surface area contributed by atoms with E-state index in [0.29, 0.717) is 11.2 Å². The highest BCUT2D eigenvalue weighted by Gasteiger charge is 2.24. The Morgan fingerprint density at radius 3 is 2.69 bits per heavy atom. The average Bonchev–Trinajstić information content (AvgIpc) is 2.55. The van der Waals surface area contributed by atoms with Gasteiger partial charge in [0.25, 0.3) is 0 Å². The molecule has 16 heavy (non-hydrogen) atoms. The van der Waals surface area contributed by atoms with E-state index in [1.165, 1.54) is 32.1 Å². The predicted octanol–water partition coefficient (Wildman–Crippen LogP) is 2.48. The van der Waals surface area contributed by atoms with Gasteiger partial charge in [-0.05, 0) is 31.4 Å². The molecule has 1 heterocycles. The van der Waals surface area contributed by atoms with Gasteiger partial charge in [0, 0.05) is 17.6 Å². The second kappa shape index (κ2) is 6.21. The van der Waals surface area contributed by atoms with Crippen LogP contribution in [0.4, 0.5) is 0 Å². The van der Waals surface area contributed by atoms with Crippen LogP contribution in [0.25, 0.3) is 0 Å². The fraction of sp³-hybridized carbons (Fsp3) is 0.667. The van der Waals surface area contributed by atoms with E-state index in [0.717, 1.165) is 11.7 Å². The third kappa shape index (κ3) is 3.19. The van der Waals surface area contributed by atoms with E-state index in [1.54, 1.807) is 0 Å². The zero-order valence-electron chi connectivity index (χ0n) is 9.51. The molecule has 0 bridgehead atoms. The minimum Gasteiger partial charge on any atom is -0.330 e. The van der Waals surface area contributed by atoms with Gasteiger partial charge in [-0.1, -0.05) is 31.0 Å². The molecule has 2 N–H and O–H groups in total. The van der Waals surface area contributed by atoms with Gasteiger partial charge in [-0.25, -0.2) is 9.97 Å². The second-order valence-electron chi connectivity index (χ2n) is 4.32. The second-order valence-corrected chi connectivity index (χ2v) is 5.53. The lowest BCUT2D eigenvalue weighted by Crippen LogP contribution is -2.24. The third-order valence-corrected chi connectivity index (χ3v) is 4.54. The van der Waals surface area contributed by atoms with Crippen LogP contribution in [0.5, 0.6) is 0 Å². The molecular weight excluding hydrogens is 218 g/mol. The Kier molecular flexibility index (Phi) is 4.60. The maximum Gasteiger partial charge on any atom is 0.187 e. The number of hydrogen-bond donors (Lipinski definition) is 1. The molecule has 1 fully saturated rings. The first-order chi connectivity index (χ1) is 7.90. The summed E-state index contributed by atoms with van der Waals surface area (Å²) in [5.41, 5.74) is 5.86. The number of rotatable bonds is 3. The normalized spacial score (nSPS) is 26.3. The fourth-order valence-electron chi connectivity index (χ4n) is 2.26. The summed E-state index contributed by atoms with van der Waals surface area (Å²) in [6, 6.07) is 1.86. The fourth-order valence-corrected chi connectivity index (χ4v) is 3.50. The Morgan fingerprint density at radius 2 is 1.94 bits per heavy atom. The highest BCUT2D eigenvalue weighted by Crippen LogP contribution is 2.34. The third-order valence-electron chi connectivity index (χ3n) is 3.19. The molecule has 4 heteroatoms. The summed E-state index contributed by atoms with van der Waals surface area (Å²) in [6.07, 6.45) is 10.1. The molecule has 1 aliphatic carbocycles. The van der Waals surface area contributed by atoms with Crippen molar-refractivity contribution in [3.8, 4) is 0 Å². The highest BCUT2D eigenvalue weighted by atomic mass is 32.2. The Hall–Kier alpha value is -0.610. The van der Waals surface area contributed by atoms with E-state index in [9.17, 15) is 0 Å². The van der Waals surface area contributed by atoms with Gasteiger partial charge in [0.2, 0.25) is 0 Å². The van der Waals surface area contributed by atoms with Gasteiger partial charge in [-0.15, -0.1) is 0 Å². The molecule has 0 radical (unpaired) electrons. The largest absolute Gasteiger partial charge is 0.330 e. The SMILES string of the molecule is NCC1CCCCCC1Sc1ncccn1. The van der Waals surface area contributed by atoms with E-state index in [-0.39, 0.29) is 0 Å². The number of thioether (sulfide) groups is 1. The summed E-state index contributed by atoms with van der Waals surface area (Å²) < 4.78 is 0. The van der Waals surface area contributed by atoms with E-state index < -0.39 is 0 Å². The van der Waals surface area contributed by atoms with Gasteiger partial charge in [0.05, 0.1) is 0 Å². The van der Waals surface area contributed by atoms with Crippen molar-refractivity contribution in [2.45, 2.75) is 42.5 Å². The monoisotopic (exact) mass is 237 g/mol. The summed E-state index contributed by atoms with van der Waals surface area (Å²) in [6.45, 7) is 0.796. The minimum atomic E-state index is 0.606.